The minimum atomic E-state index is -1.00. The van der Waals surface area contributed by atoms with Crippen molar-refractivity contribution in [3.63, 3.8) is 0 Å². The molecule has 0 radical (unpaired) electrons. The van der Waals surface area contributed by atoms with Crippen LogP contribution in [-0.2, 0) is 9.59 Å². The number of nitrogens with zero attached hydrogens (tertiary/aromatic N) is 3. The largest absolute Gasteiger partial charge is 0.350 e. The average Bonchev–Trinajstić information content (AvgIpc) is 3.11. The normalized spacial score (nSPS) is 34.4. The van der Waals surface area contributed by atoms with Crippen LogP contribution in [0.2, 0.25) is 0 Å². The number of hydrogen-bond acceptors (Lipinski definition) is 6. The Hall–Kier alpha value is -1.62. The molecule has 2 amide bonds. The van der Waals surface area contributed by atoms with Crippen LogP contribution in [0.1, 0.15) is 58.3 Å². The highest BCUT2D eigenvalue weighted by Gasteiger charge is 2.50. The van der Waals surface area contributed by atoms with E-state index in [-0.39, 0.29) is 41.3 Å². The van der Waals surface area contributed by atoms with Crippen molar-refractivity contribution in [3.8, 4) is 0 Å². The molecule has 4 aliphatic rings. The van der Waals surface area contributed by atoms with Crippen LogP contribution in [0.5, 0.6) is 0 Å². The van der Waals surface area contributed by atoms with E-state index >= 15 is 0 Å². The maximum Gasteiger partial charge on any atom is 0.233 e. The van der Waals surface area contributed by atoms with E-state index in [1.54, 1.807) is 11.1 Å². The van der Waals surface area contributed by atoms with Crippen molar-refractivity contribution in [1.29, 1.82) is 0 Å². The van der Waals surface area contributed by atoms with Gasteiger partial charge in [0.2, 0.25) is 11.8 Å². The summed E-state index contributed by atoms with van der Waals surface area (Å²) in [5.74, 6) is -0.461. The number of carbonyl (C=O) groups is 2. The zero-order chi connectivity index (χ0) is 26.7. The number of hydrogen-bond donors (Lipinski definition) is 4. The van der Waals surface area contributed by atoms with E-state index in [2.05, 4.69) is 22.5 Å². The fourth-order valence-electron chi connectivity index (χ4n) is 7.47. The molecule has 210 valence electrons. The molecule has 6 N–H and O–H groups in total. The molecule has 4 aliphatic heterocycles. The number of carbonyl (C=O) groups excluding carboxylic acids is 2. The van der Waals surface area contributed by atoms with Gasteiger partial charge in [0.1, 0.15) is 12.5 Å². The molecule has 0 aliphatic carbocycles. The van der Waals surface area contributed by atoms with Crippen molar-refractivity contribution in [2.75, 3.05) is 46.8 Å². The monoisotopic (exact) mass is 522 g/mol. The van der Waals surface area contributed by atoms with Gasteiger partial charge in [-0.05, 0) is 57.2 Å². The van der Waals surface area contributed by atoms with Gasteiger partial charge in [-0.1, -0.05) is 13.3 Å². The summed E-state index contributed by atoms with van der Waals surface area (Å²) in [6.45, 7) is 6.15. The number of amides is 2. The minimum absolute atomic E-state index is 0.0678. The number of likely N-dealkylation sites (tertiary alicyclic amines) is 1. The van der Waals surface area contributed by atoms with E-state index in [1.165, 1.54) is 0 Å². The summed E-state index contributed by atoms with van der Waals surface area (Å²) >= 11 is 0. The molecule has 2 bridgehead atoms. The molecule has 3 saturated heterocycles. The zero-order valence-corrected chi connectivity index (χ0v) is 23.0. The minimum Gasteiger partial charge on any atom is -0.350 e. The first-order chi connectivity index (χ1) is 17.6. The topological polar surface area (TPSA) is 120 Å². The molecule has 6 atom stereocenters. The Morgan fingerprint density at radius 2 is 1.97 bits per heavy atom. The highest BCUT2D eigenvalue weighted by Crippen LogP contribution is 2.44. The molecular weight excluding hydrogens is 473 g/mol. The maximum atomic E-state index is 14.9. The third-order valence-electron chi connectivity index (χ3n) is 9.62. The van der Waals surface area contributed by atoms with E-state index in [0.29, 0.717) is 13.0 Å². The predicted octanol–water partition coefficient (Wildman–Crippen LogP) is 0.267. The Morgan fingerprint density at radius 1 is 1.24 bits per heavy atom. The lowest BCUT2D eigenvalue weighted by atomic mass is 9.71. The van der Waals surface area contributed by atoms with Crippen molar-refractivity contribution in [2.24, 2.45) is 28.7 Å². The third-order valence-corrected chi connectivity index (χ3v) is 9.62. The molecule has 0 aromatic rings. The van der Waals surface area contributed by atoms with Crippen molar-refractivity contribution >= 4 is 18.0 Å². The van der Waals surface area contributed by atoms with Gasteiger partial charge in [0, 0.05) is 45.4 Å². The van der Waals surface area contributed by atoms with Gasteiger partial charge in [-0.15, -0.1) is 0 Å². The van der Waals surface area contributed by atoms with Crippen LogP contribution in [0.4, 0.5) is 4.39 Å². The Balaban J connectivity index is 1.47. The Bertz CT molecular complexity index is 845. The number of halogens is 1. The zero-order valence-electron chi connectivity index (χ0n) is 23.0. The van der Waals surface area contributed by atoms with Crippen molar-refractivity contribution in [2.45, 2.75) is 88.8 Å². The summed E-state index contributed by atoms with van der Waals surface area (Å²) in [7, 11) is 3.64. The fourth-order valence-corrected chi connectivity index (χ4v) is 7.47. The van der Waals surface area contributed by atoms with Gasteiger partial charge < -0.3 is 27.0 Å². The Kier molecular flexibility index (Phi) is 9.25. The molecule has 9 nitrogen and oxygen atoms in total. The lowest BCUT2D eigenvalue weighted by molar-refractivity contribution is -0.568. The standard InChI is InChI=1S/C27H48FN7O2/c1-4-27-9-5-11-35(17-19(28)14-27)22(15-27)23(24(29)30)25(36)32-20-16-31-10-6-21(20)34-12-7-18(8-13-34)26(37)33(2)3/h17-24,31H,4-16,29-30H2,1-3H3/p+1. The highest BCUT2D eigenvalue weighted by atomic mass is 19.1. The second-order valence-electron chi connectivity index (χ2n) is 12.2. The summed E-state index contributed by atoms with van der Waals surface area (Å²) in [6, 6.07) is -0.0690. The van der Waals surface area contributed by atoms with Crippen molar-refractivity contribution in [1.82, 2.24) is 20.4 Å². The summed E-state index contributed by atoms with van der Waals surface area (Å²) < 4.78 is 16.9. The van der Waals surface area contributed by atoms with Crippen LogP contribution in [0, 0.1) is 17.3 Å². The SMILES string of the molecule is CCC12CCC[N+](=CC(F)C1)C(C(C(=O)NC1CNCCC1N1CCC(C(=O)N(C)C)CC1)C(N)N)C2. The van der Waals surface area contributed by atoms with Gasteiger partial charge in [-0.25, -0.2) is 8.97 Å². The van der Waals surface area contributed by atoms with E-state index in [1.807, 2.05) is 18.7 Å². The molecule has 37 heavy (non-hydrogen) atoms. The third kappa shape index (κ3) is 6.34. The van der Waals surface area contributed by atoms with Crippen LogP contribution >= 0.6 is 0 Å². The lowest BCUT2D eigenvalue weighted by Crippen LogP contribution is -2.64. The number of piperidine rings is 2. The van der Waals surface area contributed by atoms with E-state index in [4.69, 9.17) is 11.5 Å². The predicted molar refractivity (Wildman–Crippen MR) is 143 cm³/mol. The van der Waals surface area contributed by atoms with Crippen LogP contribution in [0.15, 0.2) is 0 Å². The molecule has 0 aromatic carbocycles. The molecule has 0 spiro atoms. The van der Waals surface area contributed by atoms with Crippen LogP contribution in [-0.4, -0.2) is 110 Å². The molecule has 4 heterocycles. The first-order valence-electron chi connectivity index (χ1n) is 14.4. The molecule has 3 fully saturated rings. The van der Waals surface area contributed by atoms with Crippen LogP contribution < -0.4 is 22.1 Å². The van der Waals surface area contributed by atoms with Crippen LogP contribution in [0.25, 0.3) is 0 Å². The number of rotatable bonds is 7. The second-order valence-corrected chi connectivity index (χ2v) is 12.2. The molecule has 6 unspecified atom stereocenters. The maximum absolute atomic E-state index is 14.9. The first-order valence-corrected chi connectivity index (χ1v) is 14.4. The van der Waals surface area contributed by atoms with Crippen molar-refractivity contribution < 1.29 is 18.6 Å². The highest BCUT2D eigenvalue weighted by molar-refractivity contribution is 5.80. The number of fused-ring (bicyclic) bond motifs is 3. The van der Waals surface area contributed by atoms with Crippen molar-refractivity contribution in [3.05, 3.63) is 0 Å². The Morgan fingerprint density at radius 3 is 2.62 bits per heavy atom. The lowest BCUT2D eigenvalue weighted by Gasteiger charge is -2.44. The van der Waals surface area contributed by atoms with Gasteiger partial charge in [-0.2, -0.15) is 0 Å². The summed E-state index contributed by atoms with van der Waals surface area (Å²) in [5.41, 5.74) is 12.5. The van der Waals surface area contributed by atoms with Gasteiger partial charge in [0.25, 0.3) is 0 Å². The van der Waals surface area contributed by atoms with E-state index < -0.39 is 18.3 Å². The quantitative estimate of drug-likeness (QED) is 0.281. The molecular formula is C27H49FN7O2+. The number of nitrogens with one attached hydrogen (secondary N) is 2. The molecule has 0 saturated carbocycles. The van der Waals surface area contributed by atoms with Gasteiger partial charge in [-0.3, -0.25) is 14.5 Å². The molecule has 0 aromatic heterocycles. The smallest absolute Gasteiger partial charge is 0.233 e. The van der Waals surface area contributed by atoms with E-state index in [0.717, 1.165) is 71.1 Å². The van der Waals surface area contributed by atoms with Gasteiger partial charge in [0.05, 0.1) is 12.2 Å². The summed E-state index contributed by atoms with van der Waals surface area (Å²) in [4.78, 5) is 30.4. The van der Waals surface area contributed by atoms with Gasteiger partial charge in [0.15, 0.2) is 18.4 Å². The number of alkyl halides is 1. The molecule has 10 heteroatoms. The van der Waals surface area contributed by atoms with E-state index in [9.17, 15) is 14.0 Å². The molecule has 4 rings (SSSR count). The summed E-state index contributed by atoms with van der Waals surface area (Å²) in [5, 5.41) is 6.76. The summed E-state index contributed by atoms with van der Waals surface area (Å²) in [6.07, 6.45) is 6.57. The Labute approximate surface area is 221 Å². The second kappa shape index (κ2) is 12.1. The van der Waals surface area contributed by atoms with Crippen LogP contribution in [0.3, 0.4) is 0 Å². The average molecular weight is 523 g/mol. The fraction of sp³-hybridized carbons (Fsp3) is 0.889. The van der Waals surface area contributed by atoms with Gasteiger partial charge >= 0.3 is 0 Å². The first kappa shape index (κ1) is 28.4. The number of nitrogens with two attached hydrogens (primary N) is 2.